The maximum atomic E-state index is 4.03. The van der Waals surface area contributed by atoms with Crippen molar-refractivity contribution in [1.82, 2.24) is 20.2 Å². The van der Waals surface area contributed by atoms with Gasteiger partial charge in [0.2, 0.25) is 0 Å². The van der Waals surface area contributed by atoms with E-state index in [4.69, 9.17) is 0 Å². The number of halogens is 1. The molecule has 6 heteroatoms. The summed E-state index contributed by atoms with van der Waals surface area (Å²) in [5, 5.41) is 11.8. The van der Waals surface area contributed by atoms with E-state index in [-0.39, 0.29) is 45.6 Å². The van der Waals surface area contributed by atoms with E-state index in [9.17, 15) is 0 Å². The van der Waals surface area contributed by atoms with Gasteiger partial charge in [-0.05, 0) is 31.2 Å². The predicted octanol–water partition coefficient (Wildman–Crippen LogP) is -1.48. The van der Waals surface area contributed by atoms with Crippen molar-refractivity contribution in [2.24, 2.45) is 0 Å². The normalized spacial score (nSPS) is 10.3. The quantitative estimate of drug-likeness (QED) is 0.477. The summed E-state index contributed by atoms with van der Waals surface area (Å²) in [6.45, 7) is 6.21. The van der Waals surface area contributed by atoms with Gasteiger partial charge in [0.15, 0.2) is 0 Å². The molecular formula is C11H13BrMgN4. The van der Waals surface area contributed by atoms with Crippen LogP contribution in [0.15, 0.2) is 24.3 Å². The second-order valence-electron chi connectivity index (χ2n) is 4.38. The summed E-state index contributed by atoms with van der Waals surface area (Å²) in [4.78, 5) is 0. The summed E-state index contributed by atoms with van der Waals surface area (Å²) in [6, 6.07) is 10.7. The zero-order valence-corrected chi connectivity index (χ0v) is 13.2. The van der Waals surface area contributed by atoms with Crippen LogP contribution in [-0.2, 0) is 5.54 Å². The van der Waals surface area contributed by atoms with Crippen LogP contribution in [0.3, 0.4) is 0 Å². The van der Waals surface area contributed by atoms with Crippen molar-refractivity contribution in [2.75, 3.05) is 0 Å². The molecule has 0 spiro atoms. The molecule has 0 radical (unpaired) electrons. The fourth-order valence-electron chi connectivity index (χ4n) is 1.35. The summed E-state index contributed by atoms with van der Waals surface area (Å²) in [5.74, 6) is 0.777. The summed E-state index contributed by atoms with van der Waals surface area (Å²) >= 11 is 0. The minimum Gasteiger partial charge on any atom is -1.00 e. The Morgan fingerprint density at radius 1 is 1.29 bits per heavy atom. The van der Waals surface area contributed by atoms with E-state index in [0.717, 1.165) is 11.4 Å². The fourth-order valence-corrected chi connectivity index (χ4v) is 1.35. The van der Waals surface area contributed by atoms with Crippen LogP contribution >= 0.6 is 0 Å². The van der Waals surface area contributed by atoms with Gasteiger partial charge in [0.1, 0.15) is 5.82 Å². The van der Waals surface area contributed by atoms with Gasteiger partial charge in [0, 0.05) is 0 Å². The molecule has 0 aliphatic rings. The molecule has 0 atom stereocenters. The van der Waals surface area contributed by atoms with Crippen molar-refractivity contribution in [1.29, 1.82) is 0 Å². The molecule has 0 fully saturated rings. The van der Waals surface area contributed by atoms with Gasteiger partial charge in [-0.2, -0.15) is 30.3 Å². The Bertz CT molecular complexity index is 450. The Labute approximate surface area is 128 Å². The maximum Gasteiger partial charge on any atom is 2.00 e. The molecule has 0 saturated heterocycles. The molecule has 1 aromatic heterocycles. The molecule has 0 aliphatic carbocycles. The number of hydrogen-bond acceptors (Lipinski definition) is 3. The van der Waals surface area contributed by atoms with Gasteiger partial charge in [0.05, 0.1) is 5.54 Å². The van der Waals surface area contributed by atoms with Crippen molar-refractivity contribution in [3.8, 4) is 11.4 Å². The average molecular weight is 305 g/mol. The van der Waals surface area contributed by atoms with Crippen LogP contribution < -0.4 is 17.0 Å². The summed E-state index contributed by atoms with van der Waals surface area (Å²) in [7, 11) is 0. The van der Waals surface area contributed by atoms with Crippen LogP contribution in [0.25, 0.3) is 11.4 Å². The Kier molecular flexibility index (Phi) is 6.29. The van der Waals surface area contributed by atoms with Gasteiger partial charge in [-0.3, -0.25) is 0 Å². The average Bonchev–Trinajstić information content (AvgIpc) is 2.67. The van der Waals surface area contributed by atoms with Gasteiger partial charge in [-0.15, -0.1) is 5.10 Å². The van der Waals surface area contributed by atoms with Crippen LogP contribution in [0.2, 0.25) is 0 Å². The van der Waals surface area contributed by atoms with Crippen molar-refractivity contribution in [3.63, 3.8) is 0 Å². The monoisotopic (exact) mass is 304 g/mol. The number of aromatic nitrogens is 4. The molecule has 2 rings (SSSR count). The Hall–Kier alpha value is -0.464. The molecule has 4 nitrogen and oxygen atoms in total. The van der Waals surface area contributed by atoms with Crippen molar-refractivity contribution >= 4 is 23.1 Å². The van der Waals surface area contributed by atoms with Crippen molar-refractivity contribution in [3.05, 3.63) is 30.3 Å². The second kappa shape index (κ2) is 6.46. The van der Waals surface area contributed by atoms with E-state index >= 15 is 0 Å². The first-order chi connectivity index (χ1) is 7.09. The first kappa shape index (κ1) is 16.5. The largest absolute Gasteiger partial charge is 2.00 e. The van der Waals surface area contributed by atoms with Crippen LogP contribution in [-0.4, -0.2) is 43.3 Å². The Morgan fingerprint density at radius 3 is 2.53 bits per heavy atom. The molecule has 0 amide bonds. The van der Waals surface area contributed by atoms with Crippen molar-refractivity contribution < 1.29 is 17.0 Å². The molecule has 0 saturated carbocycles. The summed E-state index contributed by atoms with van der Waals surface area (Å²) in [5.41, 5.74) is 0.867. The fraction of sp³-hybridized carbons (Fsp3) is 0.364. The molecule has 17 heavy (non-hydrogen) atoms. The molecule has 86 valence electrons. The first-order valence-corrected chi connectivity index (χ1v) is 4.84. The maximum absolute atomic E-state index is 4.03. The molecular weight excluding hydrogens is 292 g/mol. The second-order valence-corrected chi connectivity index (χ2v) is 4.38. The minimum atomic E-state index is -0.116. The molecule has 0 bridgehead atoms. The smallest absolute Gasteiger partial charge is 1.00 e. The topological polar surface area (TPSA) is 43.6 Å². The SMILES string of the molecule is CC(C)(C)n1nnnc1-c1c[c-]ccc1.[Br-].[Mg+2]. The minimum absolute atomic E-state index is 0. The van der Waals surface area contributed by atoms with Gasteiger partial charge >= 0.3 is 23.1 Å². The van der Waals surface area contributed by atoms with E-state index < -0.39 is 0 Å². The first-order valence-electron chi connectivity index (χ1n) is 4.84. The van der Waals surface area contributed by atoms with E-state index in [1.807, 2.05) is 28.9 Å². The zero-order valence-electron chi connectivity index (χ0n) is 10.2. The number of rotatable bonds is 1. The van der Waals surface area contributed by atoms with E-state index in [0.29, 0.717) is 0 Å². The number of tetrazole rings is 1. The number of benzene rings is 1. The number of nitrogens with zero attached hydrogens (tertiary/aromatic N) is 4. The third kappa shape index (κ3) is 3.75. The van der Waals surface area contributed by atoms with Crippen LogP contribution in [0, 0.1) is 6.07 Å². The molecule has 1 aromatic carbocycles. The van der Waals surface area contributed by atoms with Crippen LogP contribution in [0.5, 0.6) is 0 Å². The van der Waals surface area contributed by atoms with E-state index in [2.05, 4.69) is 42.4 Å². The van der Waals surface area contributed by atoms with Crippen molar-refractivity contribution in [2.45, 2.75) is 26.3 Å². The number of hydrogen-bond donors (Lipinski definition) is 0. The van der Waals surface area contributed by atoms with Crippen LogP contribution in [0.1, 0.15) is 20.8 Å². The zero-order chi connectivity index (χ0) is 10.9. The Balaban J connectivity index is 0.00000128. The summed E-state index contributed by atoms with van der Waals surface area (Å²) in [6.07, 6.45) is 0. The van der Waals surface area contributed by atoms with E-state index in [1.165, 1.54) is 0 Å². The van der Waals surface area contributed by atoms with Gasteiger partial charge in [-0.1, -0.05) is 5.56 Å². The molecule has 0 N–H and O–H groups in total. The Morgan fingerprint density at radius 2 is 2.00 bits per heavy atom. The molecule has 2 aromatic rings. The molecule has 0 unspecified atom stereocenters. The van der Waals surface area contributed by atoms with E-state index in [1.54, 1.807) is 0 Å². The predicted molar refractivity (Wildman–Crippen MR) is 62.8 cm³/mol. The van der Waals surface area contributed by atoms with Crippen LogP contribution in [0.4, 0.5) is 0 Å². The molecule has 1 heterocycles. The van der Waals surface area contributed by atoms with Gasteiger partial charge < -0.3 is 17.0 Å². The third-order valence-corrected chi connectivity index (χ3v) is 2.07. The summed E-state index contributed by atoms with van der Waals surface area (Å²) < 4.78 is 1.82. The molecule has 0 aliphatic heterocycles. The third-order valence-electron chi connectivity index (χ3n) is 2.07. The standard InChI is InChI=1S/C11H13N4.BrH.Mg/c1-11(2,3)15-10(12-13-14-15)9-7-5-4-6-8-9;;/h4-5,7-8H,1-3H3;1H;/q-1;;+2/p-1. The van der Waals surface area contributed by atoms with Gasteiger partial charge in [-0.25, -0.2) is 4.68 Å². The van der Waals surface area contributed by atoms with Gasteiger partial charge in [0.25, 0.3) is 0 Å².